The molecule has 2 heterocycles. The van der Waals surface area contributed by atoms with Gasteiger partial charge in [0.25, 0.3) is 7.37 Å². The van der Waals surface area contributed by atoms with Crippen LogP contribution in [0, 0.1) is 5.92 Å². The summed E-state index contributed by atoms with van der Waals surface area (Å²) < 4.78 is 25.4. The summed E-state index contributed by atoms with van der Waals surface area (Å²) in [7, 11) is -2.85. The van der Waals surface area contributed by atoms with E-state index in [-0.39, 0.29) is 0 Å². The van der Waals surface area contributed by atoms with Gasteiger partial charge in [-0.05, 0) is 49.3 Å². The van der Waals surface area contributed by atoms with Gasteiger partial charge in [0.2, 0.25) is 0 Å². The molecule has 0 N–H and O–H groups in total. The van der Waals surface area contributed by atoms with E-state index in [9.17, 15) is 4.57 Å². The van der Waals surface area contributed by atoms with Crippen molar-refractivity contribution >= 4 is 12.7 Å². The molecule has 3 nitrogen and oxygen atoms in total. The molecule has 1 saturated heterocycles. The molecule has 24 heavy (non-hydrogen) atoms. The fourth-order valence-corrected chi connectivity index (χ4v) is 6.73. The fourth-order valence-electron chi connectivity index (χ4n) is 4.24. The van der Waals surface area contributed by atoms with Crippen LogP contribution in [0.1, 0.15) is 25.7 Å². The molecule has 4 atom stereocenters. The van der Waals surface area contributed by atoms with Gasteiger partial charge >= 0.3 is 0 Å². The molecule has 1 aliphatic carbocycles. The van der Waals surface area contributed by atoms with Crippen molar-refractivity contribution in [1.29, 1.82) is 0 Å². The van der Waals surface area contributed by atoms with Gasteiger partial charge in [-0.2, -0.15) is 0 Å². The molecule has 0 amide bonds. The minimum atomic E-state index is -2.85. The lowest BCUT2D eigenvalue weighted by Gasteiger charge is -2.30. The van der Waals surface area contributed by atoms with E-state index in [4.69, 9.17) is 9.26 Å². The Morgan fingerprint density at radius 2 is 1.75 bits per heavy atom. The van der Waals surface area contributed by atoms with Crippen LogP contribution in [-0.2, 0) is 9.30 Å². The molecule has 124 valence electrons. The number of benzene rings is 2. The summed E-state index contributed by atoms with van der Waals surface area (Å²) in [5.74, 6) is 1.38. The van der Waals surface area contributed by atoms with Gasteiger partial charge in [-0.15, -0.1) is 0 Å². The molecule has 1 saturated carbocycles. The summed E-state index contributed by atoms with van der Waals surface area (Å²) in [6.07, 6.45) is 6.07. The monoisotopic (exact) mass is 340 g/mol. The quantitative estimate of drug-likeness (QED) is 0.605. The fraction of sp³-hybridized carbons (Fsp3) is 0.400. The first-order chi connectivity index (χ1) is 11.7. The first-order valence-corrected chi connectivity index (χ1v) is 10.7. The maximum absolute atomic E-state index is 13.7. The third-order valence-corrected chi connectivity index (χ3v) is 8.10. The molecule has 0 radical (unpaired) electrons. The van der Waals surface area contributed by atoms with E-state index in [1.54, 1.807) is 0 Å². The predicted octanol–water partition coefficient (Wildman–Crippen LogP) is 4.61. The molecule has 0 bridgehead atoms. The second kappa shape index (κ2) is 5.47. The van der Waals surface area contributed by atoms with Crippen molar-refractivity contribution in [2.24, 2.45) is 5.92 Å². The Balaban J connectivity index is 1.43. The number of para-hydroxylation sites is 1. The molecule has 0 spiro atoms. The van der Waals surface area contributed by atoms with E-state index >= 15 is 0 Å². The van der Waals surface area contributed by atoms with Gasteiger partial charge in [-0.1, -0.05) is 36.4 Å². The first-order valence-electron chi connectivity index (χ1n) is 8.86. The van der Waals surface area contributed by atoms with Gasteiger partial charge in [-0.25, -0.2) is 0 Å². The predicted molar refractivity (Wildman–Crippen MR) is 95.2 cm³/mol. The summed E-state index contributed by atoms with van der Waals surface area (Å²) in [4.78, 5) is 0. The summed E-state index contributed by atoms with van der Waals surface area (Å²) in [6, 6.07) is 15.9. The van der Waals surface area contributed by atoms with Crippen molar-refractivity contribution in [3.8, 4) is 16.9 Å². The molecule has 2 aromatic carbocycles. The van der Waals surface area contributed by atoms with Gasteiger partial charge in [0, 0.05) is 11.7 Å². The zero-order valence-corrected chi connectivity index (χ0v) is 14.5. The van der Waals surface area contributed by atoms with Crippen LogP contribution in [0.5, 0.6) is 5.75 Å². The molecule has 2 fully saturated rings. The number of hydrogen-bond donors (Lipinski definition) is 0. The zero-order valence-electron chi connectivity index (χ0n) is 13.6. The highest BCUT2D eigenvalue weighted by atomic mass is 31.2. The largest absolute Gasteiger partial charge is 0.439 e. The highest BCUT2D eigenvalue weighted by Gasteiger charge is 2.44. The Kier molecular flexibility index (Phi) is 3.36. The first kappa shape index (κ1) is 14.7. The van der Waals surface area contributed by atoms with E-state index in [2.05, 4.69) is 6.07 Å². The van der Waals surface area contributed by atoms with Crippen molar-refractivity contribution in [2.45, 2.75) is 37.9 Å². The van der Waals surface area contributed by atoms with E-state index in [1.165, 1.54) is 12.8 Å². The molecule has 4 unspecified atom stereocenters. The second-order valence-corrected chi connectivity index (χ2v) is 9.64. The van der Waals surface area contributed by atoms with Crippen LogP contribution in [0.25, 0.3) is 11.1 Å². The summed E-state index contributed by atoms with van der Waals surface area (Å²) in [6.45, 7) is 0. The Morgan fingerprint density at radius 3 is 2.62 bits per heavy atom. The van der Waals surface area contributed by atoms with Gasteiger partial charge < -0.3 is 9.26 Å². The lowest BCUT2D eigenvalue weighted by Crippen LogP contribution is -2.22. The number of epoxide rings is 1. The van der Waals surface area contributed by atoms with Crippen molar-refractivity contribution in [1.82, 2.24) is 0 Å². The van der Waals surface area contributed by atoms with Gasteiger partial charge in [0.05, 0.1) is 17.5 Å². The van der Waals surface area contributed by atoms with Crippen LogP contribution >= 0.6 is 7.37 Å². The van der Waals surface area contributed by atoms with Crippen molar-refractivity contribution in [3.63, 3.8) is 0 Å². The maximum atomic E-state index is 13.7. The average Bonchev–Trinajstić information content (AvgIpc) is 3.39. The lowest BCUT2D eigenvalue weighted by molar-refractivity contribution is 0.356. The topological polar surface area (TPSA) is 38.8 Å². The van der Waals surface area contributed by atoms with Gasteiger partial charge in [0.15, 0.2) is 0 Å². The zero-order chi connectivity index (χ0) is 16.1. The SMILES string of the molecule is O=P1(CCC2CCC3OC3C2)Oc2ccccc2-c2ccccc21. The molecule has 2 aliphatic heterocycles. The summed E-state index contributed by atoms with van der Waals surface area (Å²) >= 11 is 0. The maximum Gasteiger partial charge on any atom is 0.277 e. The van der Waals surface area contributed by atoms with Crippen LogP contribution < -0.4 is 9.83 Å². The molecular formula is C20H21O3P. The Bertz CT molecular complexity index is 831. The molecule has 2 aromatic rings. The molecular weight excluding hydrogens is 319 g/mol. The smallest absolute Gasteiger partial charge is 0.277 e. The third-order valence-electron chi connectivity index (χ3n) is 5.64. The number of ether oxygens (including phenoxy) is 1. The molecule has 0 aromatic heterocycles. The highest BCUT2D eigenvalue weighted by molar-refractivity contribution is 7.67. The summed E-state index contributed by atoms with van der Waals surface area (Å²) in [5.41, 5.74) is 2.11. The van der Waals surface area contributed by atoms with Crippen molar-refractivity contribution in [2.75, 3.05) is 6.16 Å². The van der Waals surface area contributed by atoms with E-state index < -0.39 is 7.37 Å². The van der Waals surface area contributed by atoms with Crippen LogP contribution in [0.2, 0.25) is 0 Å². The summed E-state index contributed by atoms with van der Waals surface area (Å²) in [5, 5.41) is 0.889. The number of rotatable bonds is 3. The van der Waals surface area contributed by atoms with E-state index in [0.29, 0.717) is 24.3 Å². The minimum absolute atomic E-state index is 0.477. The van der Waals surface area contributed by atoms with Crippen molar-refractivity contribution in [3.05, 3.63) is 48.5 Å². The molecule has 4 heteroatoms. The Hall–Kier alpha value is -1.57. The number of hydrogen-bond acceptors (Lipinski definition) is 3. The Labute approximate surface area is 142 Å². The van der Waals surface area contributed by atoms with Crippen LogP contribution in [-0.4, -0.2) is 18.4 Å². The van der Waals surface area contributed by atoms with Crippen LogP contribution in [0.15, 0.2) is 48.5 Å². The van der Waals surface area contributed by atoms with E-state index in [0.717, 1.165) is 35.0 Å². The second-order valence-electron chi connectivity index (χ2n) is 7.18. The Morgan fingerprint density at radius 1 is 0.958 bits per heavy atom. The standard InChI is InChI=1S/C20H21O3P/c21-24(12-11-14-9-10-18-19(13-14)22-18)20-8-4-2-6-16(20)15-5-1-3-7-17(15)23-24/h1-8,14,18-19H,9-13H2. The van der Waals surface area contributed by atoms with Gasteiger partial charge in [-0.3, -0.25) is 4.57 Å². The molecule has 3 aliphatic rings. The van der Waals surface area contributed by atoms with Crippen LogP contribution in [0.3, 0.4) is 0 Å². The average molecular weight is 340 g/mol. The third kappa shape index (κ3) is 2.42. The van der Waals surface area contributed by atoms with Gasteiger partial charge in [0.1, 0.15) is 5.75 Å². The lowest BCUT2D eigenvalue weighted by atomic mass is 9.88. The number of fused-ring (bicyclic) bond motifs is 4. The molecule has 5 rings (SSSR count). The van der Waals surface area contributed by atoms with E-state index in [1.807, 2.05) is 42.5 Å². The van der Waals surface area contributed by atoms with Crippen molar-refractivity contribution < 1.29 is 13.8 Å². The minimum Gasteiger partial charge on any atom is -0.439 e. The highest BCUT2D eigenvalue weighted by Crippen LogP contribution is 2.55. The van der Waals surface area contributed by atoms with Crippen LogP contribution in [0.4, 0.5) is 0 Å². The normalized spacial score (nSPS) is 32.9.